The van der Waals surface area contributed by atoms with E-state index in [1.54, 1.807) is 106 Å². The van der Waals surface area contributed by atoms with Gasteiger partial charge in [0.15, 0.2) is 5.75 Å². The molecule has 2 aromatic heterocycles. The molecular weight excluding hydrogens is 997 g/mol. The third-order valence-electron chi connectivity index (χ3n) is 12.9. The summed E-state index contributed by atoms with van der Waals surface area (Å²) >= 11 is 1.55. The maximum absolute atomic E-state index is 14.2. The number of aromatic nitrogens is 3. The highest BCUT2D eigenvalue weighted by molar-refractivity contribution is 7.92. The first-order chi connectivity index (χ1) is 35.7. The van der Waals surface area contributed by atoms with Gasteiger partial charge in [-0.1, -0.05) is 76.2 Å². The summed E-state index contributed by atoms with van der Waals surface area (Å²) in [5.74, 6) is -0.961. The summed E-state index contributed by atoms with van der Waals surface area (Å²) < 4.78 is 45.5. The number of nitrogens with one attached hydrogen (secondary N) is 4. The summed E-state index contributed by atoms with van der Waals surface area (Å²) in [6.07, 6.45) is -0.0835. The molecule has 18 nitrogen and oxygen atoms in total. The van der Waals surface area contributed by atoms with E-state index in [0.29, 0.717) is 34.7 Å². The first-order valence-corrected chi connectivity index (χ1v) is 26.7. The molecule has 5 N–H and O–H groups in total. The van der Waals surface area contributed by atoms with Gasteiger partial charge >= 0.3 is 5.69 Å². The van der Waals surface area contributed by atoms with Gasteiger partial charge in [-0.05, 0) is 84.0 Å². The summed E-state index contributed by atoms with van der Waals surface area (Å²) in [4.78, 5) is 74.5. The Bertz CT molecular complexity index is 3440. The predicted octanol–water partition coefficient (Wildman–Crippen LogP) is 7.04. The molecule has 0 saturated carbocycles. The largest absolute Gasteiger partial charge is 0.493 e. The van der Waals surface area contributed by atoms with Gasteiger partial charge in [-0.15, -0.1) is 11.3 Å². The maximum Gasteiger partial charge on any atom is 0.328 e. The lowest BCUT2D eigenvalue weighted by Gasteiger charge is -2.35. The number of imidazole rings is 1. The number of aliphatic hydroxyl groups is 1. The van der Waals surface area contributed by atoms with Crippen LogP contribution in [0, 0.1) is 12.3 Å². The van der Waals surface area contributed by atoms with Gasteiger partial charge in [-0.3, -0.25) is 33.0 Å². The van der Waals surface area contributed by atoms with Crippen molar-refractivity contribution in [2.45, 2.75) is 83.6 Å². The Kier molecular flexibility index (Phi) is 15.9. The molecule has 7 aromatic rings. The van der Waals surface area contributed by atoms with E-state index in [-0.39, 0.29) is 59.2 Å². The molecule has 1 unspecified atom stereocenters. The number of sulfonamides is 1. The van der Waals surface area contributed by atoms with Crippen molar-refractivity contribution in [2.75, 3.05) is 17.9 Å². The summed E-state index contributed by atoms with van der Waals surface area (Å²) in [6.45, 7) is 10.0. The fourth-order valence-electron chi connectivity index (χ4n) is 8.73. The second-order valence-corrected chi connectivity index (χ2v) is 22.1. The molecule has 75 heavy (non-hydrogen) atoms. The Hall–Kier alpha value is -7.81. The zero-order chi connectivity index (χ0) is 53.8. The van der Waals surface area contributed by atoms with E-state index in [1.165, 1.54) is 44.4 Å². The number of nitrogens with zero attached hydrogens (tertiary/aromatic N) is 4. The number of fused-ring (bicyclic) bond motifs is 1. The molecule has 1 saturated heterocycles. The van der Waals surface area contributed by atoms with Crippen molar-refractivity contribution in [1.82, 2.24) is 35.0 Å². The van der Waals surface area contributed by atoms with Crippen molar-refractivity contribution in [3.05, 3.63) is 153 Å². The monoisotopic (exact) mass is 1060 g/mol. The van der Waals surface area contributed by atoms with Crippen molar-refractivity contribution in [3.8, 4) is 27.7 Å². The van der Waals surface area contributed by atoms with Crippen molar-refractivity contribution >= 4 is 61.7 Å². The number of carbonyl (C=O) groups is 4. The molecule has 3 atom stereocenters. The van der Waals surface area contributed by atoms with Crippen LogP contribution in [0.5, 0.6) is 17.2 Å². The van der Waals surface area contributed by atoms with Crippen LogP contribution in [0.15, 0.2) is 124 Å². The Balaban J connectivity index is 0.893. The Morgan fingerprint density at radius 1 is 0.827 bits per heavy atom. The SMILES string of the molecule is CCCOc1cccc(Oc2cc3c(cc2NS(=O)(=O)c2cccc(C(=O)NCc4ccc(C(=O)NC(C(=O)N5C[C@H](O)C[C@H]5C(=O)NCc5ccc(-c6scnc6C)cc5)C(C)(C)C)cc4)c2)n(C)c(=O)n3C)c1. The number of thiazole rings is 1. The molecule has 0 radical (unpaired) electrons. The van der Waals surface area contributed by atoms with E-state index in [9.17, 15) is 37.5 Å². The van der Waals surface area contributed by atoms with Crippen LogP contribution in [0.4, 0.5) is 5.69 Å². The van der Waals surface area contributed by atoms with Crippen LogP contribution in [-0.2, 0) is 46.8 Å². The summed E-state index contributed by atoms with van der Waals surface area (Å²) in [6, 6.07) is 27.7. The second-order valence-electron chi connectivity index (χ2n) is 19.5. The van der Waals surface area contributed by atoms with E-state index in [1.807, 2.05) is 38.1 Å². The number of aliphatic hydroxyl groups excluding tert-OH is 1. The Morgan fingerprint density at radius 3 is 2.15 bits per heavy atom. The van der Waals surface area contributed by atoms with E-state index < -0.39 is 57.3 Å². The quantitative estimate of drug-likeness (QED) is 0.0585. The Labute approximate surface area is 438 Å². The van der Waals surface area contributed by atoms with Gasteiger partial charge in [0, 0.05) is 63.4 Å². The van der Waals surface area contributed by atoms with Gasteiger partial charge in [0.2, 0.25) is 11.8 Å². The van der Waals surface area contributed by atoms with Crippen LogP contribution in [0.25, 0.3) is 21.5 Å². The van der Waals surface area contributed by atoms with Gasteiger partial charge in [-0.25, -0.2) is 18.2 Å². The van der Waals surface area contributed by atoms with Crippen LogP contribution < -0.4 is 35.8 Å². The normalized spacial score (nSPS) is 15.1. The zero-order valence-electron chi connectivity index (χ0n) is 42.7. The summed E-state index contributed by atoms with van der Waals surface area (Å²) in [5.41, 5.74) is 5.44. The molecule has 0 bridgehead atoms. The minimum absolute atomic E-state index is 0.0267. The van der Waals surface area contributed by atoms with Crippen molar-refractivity contribution in [1.29, 1.82) is 0 Å². The fraction of sp³-hybridized carbons (Fsp3) is 0.309. The zero-order valence-corrected chi connectivity index (χ0v) is 44.3. The molecule has 5 aromatic carbocycles. The van der Waals surface area contributed by atoms with Crippen LogP contribution in [0.2, 0.25) is 0 Å². The molecule has 4 amide bonds. The number of anilines is 1. The van der Waals surface area contributed by atoms with Gasteiger partial charge in [-0.2, -0.15) is 0 Å². The molecule has 1 fully saturated rings. The van der Waals surface area contributed by atoms with E-state index in [2.05, 4.69) is 25.7 Å². The van der Waals surface area contributed by atoms with Crippen LogP contribution in [0.3, 0.4) is 0 Å². The molecular formula is C55H60N8O10S2. The number of hydrogen-bond donors (Lipinski definition) is 5. The molecule has 20 heteroatoms. The van der Waals surface area contributed by atoms with Crippen LogP contribution >= 0.6 is 11.3 Å². The average Bonchev–Trinajstić information content (AvgIpc) is 4.08. The number of ether oxygens (including phenoxy) is 2. The highest BCUT2D eigenvalue weighted by Crippen LogP contribution is 2.36. The lowest BCUT2D eigenvalue weighted by Crippen LogP contribution is -2.57. The number of carbonyl (C=O) groups excluding carboxylic acids is 4. The molecule has 1 aliphatic rings. The number of likely N-dealkylation sites (tertiary alicyclic amines) is 1. The maximum atomic E-state index is 14.2. The fourth-order valence-corrected chi connectivity index (χ4v) is 10.6. The van der Waals surface area contributed by atoms with Crippen molar-refractivity contribution in [3.63, 3.8) is 0 Å². The summed E-state index contributed by atoms with van der Waals surface area (Å²) in [5, 5.41) is 19.3. The molecule has 392 valence electrons. The van der Waals surface area contributed by atoms with Gasteiger partial charge in [0.25, 0.3) is 21.8 Å². The number of rotatable bonds is 18. The molecule has 3 heterocycles. The topological polar surface area (TPSA) is 232 Å². The lowest BCUT2D eigenvalue weighted by atomic mass is 9.85. The predicted molar refractivity (Wildman–Crippen MR) is 286 cm³/mol. The molecule has 1 aliphatic heterocycles. The average molecular weight is 1060 g/mol. The van der Waals surface area contributed by atoms with E-state index in [0.717, 1.165) is 28.1 Å². The minimum atomic E-state index is -4.35. The second kappa shape index (κ2) is 22.3. The molecule has 0 aliphatic carbocycles. The van der Waals surface area contributed by atoms with Crippen molar-refractivity contribution < 1.29 is 42.2 Å². The number of aryl methyl sites for hydroxylation is 3. The number of benzene rings is 5. The minimum Gasteiger partial charge on any atom is -0.493 e. The first-order valence-electron chi connectivity index (χ1n) is 24.4. The highest BCUT2D eigenvalue weighted by atomic mass is 32.2. The Morgan fingerprint density at radius 2 is 1.48 bits per heavy atom. The van der Waals surface area contributed by atoms with Gasteiger partial charge in [0.05, 0.1) is 50.4 Å². The summed E-state index contributed by atoms with van der Waals surface area (Å²) in [7, 11) is -1.16. The molecule has 0 spiro atoms. The highest BCUT2D eigenvalue weighted by Gasteiger charge is 2.44. The van der Waals surface area contributed by atoms with Crippen LogP contribution in [0.1, 0.15) is 78.1 Å². The van der Waals surface area contributed by atoms with Gasteiger partial charge < -0.3 is 35.4 Å². The van der Waals surface area contributed by atoms with E-state index >= 15 is 0 Å². The van der Waals surface area contributed by atoms with Crippen LogP contribution in [-0.4, -0.2) is 87.5 Å². The third-order valence-corrected chi connectivity index (χ3v) is 15.2. The number of β-amino-alcohol motifs (C(OH)–C–C–N with tert-alkyl or cyclic N) is 1. The molecule has 8 rings (SSSR count). The third kappa shape index (κ3) is 12.3. The lowest BCUT2D eigenvalue weighted by molar-refractivity contribution is -0.142. The van der Waals surface area contributed by atoms with Gasteiger partial charge in [0.1, 0.15) is 23.6 Å². The number of amides is 4. The first kappa shape index (κ1) is 53.5. The standard InChI is InChI=1S/C55H60N8O10S2/c1-8-23-72-40-12-10-13-41(26-40)73-47-28-45-44(61(6)54(69)62(45)7)27-43(47)60-75(70,71)42-14-9-11-38(24-42)50(65)56-29-35-17-21-37(22-18-35)51(66)59-49(55(3,4)5)53(68)63-31-39(64)25-46(63)52(67)57-30-34-15-19-36(20-16-34)48-33(2)58-32-74-48/h9-22,24,26-28,32,39,46,49,60,64H,8,23,25,29-31H2,1-7H3,(H,56,65)(H,57,67)(H,59,66)/t39-,46+,49?/m1/s1. The van der Waals surface area contributed by atoms with Crippen molar-refractivity contribution in [2.24, 2.45) is 19.5 Å². The smallest absolute Gasteiger partial charge is 0.328 e. The van der Waals surface area contributed by atoms with E-state index in [4.69, 9.17) is 9.47 Å². The number of hydrogen-bond acceptors (Lipinski definition) is 12.